The normalized spacial score (nSPS) is 13.1. The van der Waals surface area contributed by atoms with Crippen LogP contribution in [-0.4, -0.2) is 57.8 Å². The number of aromatic nitrogens is 3. The van der Waals surface area contributed by atoms with Crippen LogP contribution in [0.5, 0.6) is 11.5 Å². The number of piperazine rings is 1. The Kier molecular flexibility index (Phi) is 7.37. The SMILES string of the molecule is O=C(Nc1ccc(Oc2ccncc2)cc1)Nc1ccnn1-c1ccc(CC(=O)N2CCNCC2)cc1. The summed E-state index contributed by atoms with van der Waals surface area (Å²) in [5, 5.41) is 13.2. The second-order valence-corrected chi connectivity index (χ2v) is 8.49. The van der Waals surface area contributed by atoms with Crippen LogP contribution in [0.2, 0.25) is 0 Å². The van der Waals surface area contributed by atoms with Crippen LogP contribution in [0.3, 0.4) is 0 Å². The van der Waals surface area contributed by atoms with Gasteiger partial charge in [0.15, 0.2) is 0 Å². The predicted octanol–water partition coefficient (Wildman–Crippen LogP) is 3.68. The molecule has 0 atom stereocenters. The molecule has 0 bridgehead atoms. The number of carbonyl (C=O) groups excluding carboxylic acids is 2. The molecule has 0 saturated carbocycles. The Balaban J connectivity index is 1.17. The smallest absolute Gasteiger partial charge is 0.324 e. The van der Waals surface area contributed by atoms with Crippen LogP contribution < -0.4 is 20.7 Å². The van der Waals surface area contributed by atoms with Gasteiger partial charge < -0.3 is 20.3 Å². The lowest BCUT2D eigenvalue weighted by Gasteiger charge is -2.27. The molecule has 0 unspecified atom stereocenters. The third-order valence-electron chi connectivity index (χ3n) is 5.89. The minimum absolute atomic E-state index is 0.129. The molecule has 1 aliphatic rings. The van der Waals surface area contributed by atoms with Crippen molar-refractivity contribution >= 4 is 23.4 Å². The van der Waals surface area contributed by atoms with Crippen LogP contribution in [0.1, 0.15) is 5.56 Å². The van der Waals surface area contributed by atoms with Crippen LogP contribution >= 0.6 is 0 Å². The summed E-state index contributed by atoms with van der Waals surface area (Å²) in [4.78, 5) is 31.0. The van der Waals surface area contributed by atoms with E-state index in [1.54, 1.807) is 65.7 Å². The van der Waals surface area contributed by atoms with E-state index in [2.05, 4.69) is 26.0 Å². The number of pyridine rings is 1. The van der Waals surface area contributed by atoms with Gasteiger partial charge in [-0.05, 0) is 54.1 Å². The first kappa shape index (κ1) is 24.0. The molecule has 0 aliphatic carbocycles. The summed E-state index contributed by atoms with van der Waals surface area (Å²) in [5.41, 5.74) is 2.32. The van der Waals surface area contributed by atoms with E-state index in [0.29, 0.717) is 29.4 Å². The molecule has 1 fully saturated rings. The van der Waals surface area contributed by atoms with Crippen LogP contribution in [0.25, 0.3) is 5.69 Å². The van der Waals surface area contributed by atoms with Crippen molar-refractivity contribution in [3.63, 3.8) is 0 Å². The monoisotopic (exact) mass is 497 g/mol. The highest BCUT2D eigenvalue weighted by molar-refractivity contribution is 5.99. The van der Waals surface area contributed by atoms with Crippen molar-refractivity contribution < 1.29 is 14.3 Å². The third kappa shape index (κ3) is 6.30. The molecule has 2 aromatic heterocycles. The van der Waals surface area contributed by atoms with Gasteiger partial charge in [0.05, 0.1) is 18.3 Å². The fraction of sp³-hybridized carbons (Fsp3) is 0.185. The van der Waals surface area contributed by atoms with Crippen molar-refractivity contribution in [2.24, 2.45) is 0 Å². The molecular weight excluding hydrogens is 470 g/mol. The Labute approximate surface area is 214 Å². The van der Waals surface area contributed by atoms with E-state index in [-0.39, 0.29) is 5.91 Å². The highest BCUT2D eigenvalue weighted by atomic mass is 16.5. The number of ether oxygens (including phenoxy) is 1. The minimum atomic E-state index is -0.400. The van der Waals surface area contributed by atoms with Gasteiger partial charge in [0.1, 0.15) is 17.3 Å². The molecule has 3 heterocycles. The van der Waals surface area contributed by atoms with E-state index >= 15 is 0 Å². The molecular formula is C27H27N7O3. The lowest BCUT2D eigenvalue weighted by atomic mass is 10.1. The summed E-state index contributed by atoms with van der Waals surface area (Å²) in [7, 11) is 0. The zero-order chi connectivity index (χ0) is 25.5. The molecule has 1 aliphatic heterocycles. The number of benzene rings is 2. The maximum Gasteiger partial charge on any atom is 0.324 e. The van der Waals surface area contributed by atoms with Crippen LogP contribution in [-0.2, 0) is 11.2 Å². The summed E-state index contributed by atoms with van der Waals surface area (Å²) >= 11 is 0. The van der Waals surface area contributed by atoms with Crippen molar-refractivity contribution in [1.29, 1.82) is 0 Å². The summed E-state index contributed by atoms with van der Waals surface area (Å²) in [6, 6.07) is 19.5. The van der Waals surface area contributed by atoms with E-state index in [4.69, 9.17) is 4.74 Å². The first-order valence-electron chi connectivity index (χ1n) is 12.0. The molecule has 10 nitrogen and oxygen atoms in total. The number of urea groups is 1. The summed E-state index contributed by atoms with van der Waals surface area (Å²) in [5.74, 6) is 1.97. The van der Waals surface area contributed by atoms with Gasteiger partial charge in [-0.15, -0.1) is 0 Å². The number of hydrogen-bond donors (Lipinski definition) is 3. The predicted molar refractivity (Wildman–Crippen MR) is 140 cm³/mol. The second kappa shape index (κ2) is 11.4. The molecule has 1 saturated heterocycles. The first-order chi connectivity index (χ1) is 18.1. The molecule has 2 aromatic carbocycles. The highest BCUT2D eigenvalue weighted by Crippen LogP contribution is 2.23. The van der Waals surface area contributed by atoms with Gasteiger partial charge >= 0.3 is 6.03 Å². The Morgan fingerprint density at radius 1 is 0.838 bits per heavy atom. The Morgan fingerprint density at radius 2 is 1.54 bits per heavy atom. The van der Waals surface area contributed by atoms with Gasteiger partial charge in [-0.2, -0.15) is 5.10 Å². The van der Waals surface area contributed by atoms with E-state index in [0.717, 1.165) is 37.4 Å². The van der Waals surface area contributed by atoms with E-state index in [9.17, 15) is 9.59 Å². The number of nitrogens with one attached hydrogen (secondary N) is 3. The summed E-state index contributed by atoms with van der Waals surface area (Å²) in [6.07, 6.45) is 5.29. The van der Waals surface area contributed by atoms with E-state index in [1.807, 2.05) is 29.2 Å². The van der Waals surface area contributed by atoms with Crippen LogP contribution in [0.4, 0.5) is 16.3 Å². The lowest BCUT2D eigenvalue weighted by Crippen LogP contribution is -2.46. The molecule has 4 aromatic rings. The molecule has 5 rings (SSSR count). The Morgan fingerprint density at radius 3 is 2.27 bits per heavy atom. The average molecular weight is 498 g/mol. The largest absolute Gasteiger partial charge is 0.457 e. The molecule has 3 amide bonds. The van der Waals surface area contributed by atoms with E-state index in [1.165, 1.54) is 0 Å². The fourth-order valence-corrected chi connectivity index (χ4v) is 3.99. The van der Waals surface area contributed by atoms with Crippen molar-refractivity contribution in [2.45, 2.75) is 6.42 Å². The zero-order valence-corrected chi connectivity index (χ0v) is 20.1. The summed E-state index contributed by atoms with van der Waals surface area (Å²) < 4.78 is 7.38. The number of hydrogen-bond acceptors (Lipinski definition) is 6. The van der Waals surface area contributed by atoms with Gasteiger partial charge in [-0.1, -0.05) is 12.1 Å². The van der Waals surface area contributed by atoms with E-state index < -0.39 is 6.03 Å². The quantitative estimate of drug-likeness (QED) is 0.359. The lowest BCUT2D eigenvalue weighted by molar-refractivity contribution is -0.131. The number of nitrogens with zero attached hydrogens (tertiary/aromatic N) is 4. The molecule has 0 radical (unpaired) electrons. The van der Waals surface area contributed by atoms with Gasteiger partial charge in [-0.25, -0.2) is 9.48 Å². The fourth-order valence-electron chi connectivity index (χ4n) is 3.99. The third-order valence-corrected chi connectivity index (χ3v) is 5.89. The Hall–Kier alpha value is -4.70. The van der Waals surface area contributed by atoms with Gasteiger partial charge in [0.2, 0.25) is 5.91 Å². The second-order valence-electron chi connectivity index (χ2n) is 8.49. The number of amides is 3. The molecule has 10 heteroatoms. The van der Waals surface area contributed by atoms with Crippen LogP contribution in [0, 0.1) is 0 Å². The number of carbonyl (C=O) groups is 2. The Bertz CT molecular complexity index is 1330. The minimum Gasteiger partial charge on any atom is -0.457 e. The standard InChI is InChI=1S/C27H27N7O3/c35-26(33-17-15-29-16-18-33)19-20-1-5-22(6-2-20)34-25(11-14-30-34)32-27(36)31-21-3-7-23(8-4-21)37-24-9-12-28-13-10-24/h1-14,29H,15-19H2,(H2,31,32,36). The van der Waals surface area contributed by atoms with Crippen LogP contribution in [0.15, 0.2) is 85.3 Å². The number of anilines is 2. The topological polar surface area (TPSA) is 113 Å². The van der Waals surface area contributed by atoms with Crippen molar-refractivity contribution in [2.75, 3.05) is 36.8 Å². The van der Waals surface area contributed by atoms with Crippen molar-refractivity contribution in [3.05, 3.63) is 90.9 Å². The zero-order valence-electron chi connectivity index (χ0n) is 20.1. The maximum absolute atomic E-state index is 12.6. The average Bonchev–Trinajstić information content (AvgIpc) is 3.39. The molecule has 3 N–H and O–H groups in total. The number of rotatable bonds is 7. The summed E-state index contributed by atoms with van der Waals surface area (Å²) in [6.45, 7) is 3.15. The van der Waals surface area contributed by atoms with Crippen molar-refractivity contribution in [1.82, 2.24) is 25.0 Å². The van der Waals surface area contributed by atoms with Gasteiger partial charge in [-0.3, -0.25) is 15.1 Å². The maximum atomic E-state index is 12.6. The molecule has 188 valence electrons. The van der Waals surface area contributed by atoms with Crippen molar-refractivity contribution in [3.8, 4) is 17.2 Å². The first-order valence-corrected chi connectivity index (χ1v) is 12.0. The van der Waals surface area contributed by atoms with Gasteiger partial charge in [0, 0.05) is 50.3 Å². The highest BCUT2D eigenvalue weighted by Gasteiger charge is 2.16. The molecule has 0 spiro atoms. The van der Waals surface area contributed by atoms with Gasteiger partial charge in [0.25, 0.3) is 0 Å². The molecule has 37 heavy (non-hydrogen) atoms.